The number of carbonyl (C=O) groups excluding carboxylic acids is 2. The molecule has 1 spiro atoms. The molecule has 0 N–H and O–H groups in total. The first-order valence-corrected chi connectivity index (χ1v) is 7.81. The quantitative estimate of drug-likeness (QED) is 0.541. The molecule has 3 heteroatoms. The van der Waals surface area contributed by atoms with Crippen LogP contribution in [0.5, 0.6) is 0 Å². The zero-order valence-electron chi connectivity index (χ0n) is 12.0. The molecule has 2 aliphatic heterocycles. The molecule has 1 amide bonds. The lowest BCUT2D eigenvalue weighted by molar-refractivity contribution is -0.146. The van der Waals surface area contributed by atoms with Crippen LogP contribution in [0.15, 0.2) is 36.4 Å². The van der Waals surface area contributed by atoms with Crippen LogP contribution < -0.4 is 0 Å². The van der Waals surface area contributed by atoms with Gasteiger partial charge in [0, 0.05) is 18.2 Å². The number of amides is 1. The van der Waals surface area contributed by atoms with Crippen molar-refractivity contribution in [3.8, 4) is 0 Å². The van der Waals surface area contributed by atoms with Gasteiger partial charge in [-0.2, -0.15) is 0 Å². The average molecular weight is 281 g/mol. The number of aryl methyl sites for hydroxylation is 1. The molecule has 3 nitrogen and oxygen atoms in total. The van der Waals surface area contributed by atoms with Crippen LogP contribution in [-0.2, 0) is 11.2 Å². The molecule has 2 atom stereocenters. The average Bonchev–Trinajstić information content (AvgIpc) is 2.54. The SMILES string of the molecule is O=C1c2ccccc2CCC12CCC1CC=CCN1C2=O. The Kier molecular flexibility index (Phi) is 2.78. The second kappa shape index (κ2) is 4.55. The summed E-state index contributed by atoms with van der Waals surface area (Å²) in [6.45, 7) is 0.667. The molecule has 1 aromatic rings. The first-order valence-electron chi connectivity index (χ1n) is 7.81. The van der Waals surface area contributed by atoms with Crippen molar-refractivity contribution >= 4 is 11.7 Å². The van der Waals surface area contributed by atoms with E-state index in [9.17, 15) is 9.59 Å². The van der Waals surface area contributed by atoms with Crippen molar-refractivity contribution in [3.63, 3.8) is 0 Å². The number of nitrogens with zero attached hydrogens (tertiary/aromatic N) is 1. The molecule has 4 rings (SSSR count). The number of ketones is 1. The second-order valence-corrected chi connectivity index (χ2v) is 6.43. The van der Waals surface area contributed by atoms with Crippen LogP contribution in [-0.4, -0.2) is 29.2 Å². The minimum absolute atomic E-state index is 0.0577. The van der Waals surface area contributed by atoms with E-state index in [4.69, 9.17) is 0 Å². The van der Waals surface area contributed by atoms with Crippen LogP contribution in [0.1, 0.15) is 41.6 Å². The van der Waals surface area contributed by atoms with Gasteiger partial charge >= 0.3 is 0 Å². The Morgan fingerprint density at radius 1 is 1.10 bits per heavy atom. The predicted molar refractivity (Wildman–Crippen MR) is 80.0 cm³/mol. The molecule has 3 aliphatic rings. The van der Waals surface area contributed by atoms with E-state index in [1.165, 1.54) is 0 Å². The Morgan fingerprint density at radius 2 is 1.95 bits per heavy atom. The maximum absolute atomic E-state index is 13.0. The Labute approximate surface area is 124 Å². The van der Waals surface area contributed by atoms with Gasteiger partial charge in [-0.3, -0.25) is 9.59 Å². The third-order valence-corrected chi connectivity index (χ3v) is 5.41. The Bertz CT molecular complexity index is 648. The lowest BCUT2D eigenvalue weighted by Gasteiger charge is -2.47. The number of rotatable bonds is 0. The van der Waals surface area contributed by atoms with Gasteiger partial charge in [-0.25, -0.2) is 0 Å². The van der Waals surface area contributed by atoms with Crippen molar-refractivity contribution in [2.24, 2.45) is 5.41 Å². The Balaban J connectivity index is 1.74. The molecular weight excluding hydrogens is 262 g/mol. The summed E-state index contributed by atoms with van der Waals surface area (Å²) in [5, 5.41) is 0. The van der Waals surface area contributed by atoms with E-state index in [1.807, 2.05) is 29.2 Å². The minimum Gasteiger partial charge on any atom is -0.335 e. The molecule has 0 radical (unpaired) electrons. The van der Waals surface area contributed by atoms with E-state index in [0.717, 1.165) is 30.4 Å². The molecule has 1 aliphatic carbocycles. The lowest BCUT2D eigenvalue weighted by atomic mass is 9.64. The zero-order chi connectivity index (χ0) is 14.4. The number of carbonyl (C=O) groups is 2. The first kappa shape index (κ1) is 12.8. The van der Waals surface area contributed by atoms with Crippen LogP contribution in [0.4, 0.5) is 0 Å². The molecule has 1 saturated heterocycles. The molecule has 0 aromatic heterocycles. The van der Waals surface area contributed by atoms with Gasteiger partial charge in [0.15, 0.2) is 5.78 Å². The molecule has 108 valence electrons. The lowest BCUT2D eigenvalue weighted by Crippen LogP contribution is -2.58. The van der Waals surface area contributed by atoms with E-state index in [1.54, 1.807) is 0 Å². The highest BCUT2D eigenvalue weighted by molar-refractivity contribution is 6.15. The van der Waals surface area contributed by atoms with Crippen molar-refractivity contribution in [3.05, 3.63) is 47.5 Å². The molecule has 0 saturated carbocycles. The Morgan fingerprint density at radius 3 is 2.86 bits per heavy atom. The highest BCUT2D eigenvalue weighted by Gasteiger charge is 2.53. The number of piperidine rings is 1. The topological polar surface area (TPSA) is 37.4 Å². The molecule has 21 heavy (non-hydrogen) atoms. The van der Waals surface area contributed by atoms with Crippen molar-refractivity contribution in [1.29, 1.82) is 0 Å². The van der Waals surface area contributed by atoms with Gasteiger partial charge in [-0.1, -0.05) is 36.4 Å². The number of benzene rings is 1. The highest BCUT2D eigenvalue weighted by atomic mass is 16.2. The summed E-state index contributed by atoms with van der Waals surface area (Å²) >= 11 is 0. The number of Topliss-reactive ketones (excluding diaryl/α,β-unsaturated/α-hetero) is 1. The van der Waals surface area contributed by atoms with Gasteiger partial charge in [0.2, 0.25) is 5.91 Å². The summed E-state index contributed by atoms with van der Waals surface area (Å²) in [6, 6.07) is 8.07. The molecule has 2 heterocycles. The molecule has 2 unspecified atom stereocenters. The van der Waals surface area contributed by atoms with Crippen molar-refractivity contribution in [2.75, 3.05) is 6.54 Å². The van der Waals surface area contributed by atoms with Gasteiger partial charge in [-0.05, 0) is 37.7 Å². The fraction of sp³-hybridized carbons (Fsp3) is 0.444. The number of fused-ring (bicyclic) bond motifs is 2. The van der Waals surface area contributed by atoms with Gasteiger partial charge in [0.05, 0.1) is 0 Å². The van der Waals surface area contributed by atoms with E-state index in [2.05, 4.69) is 12.2 Å². The van der Waals surface area contributed by atoms with Crippen LogP contribution in [0.2, 0.25) is 0 Å². The first-order chi connectivity index (χ1) is 10.2. The summed E-state index contributed by atoms with van der Waals surface area (Å²) in [7, 11) is 0. The van der Waals surface area contributed by atoms with E-state index in [0.29, 0.717) is 25.4 Å². The monoisotopic (exact) mass is 281 g/mol. The van der Waals surface area contributed by atoms with Crippen LogP contribution in [0.25, 0.3) is 0 Å². The van der Waals surface area contributed by atoms with Gasteiger partial charge in [0.25, 0.3) is 0 Å². The van der Waals surface area contributed by atoms with Gasteiger partial charge < -0.3 is 4.90 Å². The van der Waals surface area contributed by atoms with Crippen molar-refractivity contribution < 1.29 is 9.59 Å². The molecule has 1 aromatic carbocycles. The standard InChI is InChI=1S/C18H19NO2/c20-16-15-7-2-1-5-13(15)8-10-18(16)11-9-14-6-3-4-12-19(14)17(18)21/h1-5,7,14H,6,8-12H2. The third kappa shape index (κ3) is 1.73. The molecular formula is C18H19NO2. The Hall–Kier alpha value is -1.90. The van der Waals surface area contributed by atoms with Gasteiger partial charge in [-0.15, -0.1) is 0 Å². The van der Waals surface area contributed by atoms with Crippen LogP contribution in [0.3, 0.4) is 0 Å². The largest absolute Gasteiger partial charge is 0.335 e. The number of hydrogen-bond acceptors (Lipinski definition) is 2. The maximum Gasteiger partial charge on any atom is 0.237 e. The van der Waals surface area contributed by atoms with Crippen molar-refractivity contribution in [1.82, 2.24) is 4.90 Å². The minimum atomic E-state index is -0.782. The summed E-state index contributed by atoms with van der Waals surface area (Å²) < 4.78 is 0. The second-order valence-electron chi connectivity index (χ2n) is 6.43. The smallest absolute Gasteiger partial charge is 0.237 e. The van der Waals surface area contributed by atoms with E-state index in [-0.39, 0.29) is 11.7 Å². The summed E-state index contributed by atoms with van der Waals surface area (Å²) in [5.74, 6) is 0.130. The summed E-state index contributed by atoms with van der Waals surface area (Å²) in [4.78, 5) is 28.0. The van der Waals surface area contributed by atoms with Crippen LogP contribution >= 0.6 is 0 Å². The number of hydrogen-bond donors (Lipinski definition) is 0. The summed E-state index contributed by atoms with van der Waals surface area (Å²) in [6.07, 6.45) is 8.32. The van der Waals surface area contributed by atoms with Crippen molar-refractivity contribution in [2.45, 2.75) is 38.1 Å². The van der Waals surface area contributed by atoms with Gasteiger partial charge in [0.1, 0.15) is 5.41 Å². The highest BCUT2D eigenvalue weighted by Crippen LogP contribution is 2.45. The third-order valence-electron chi connectivity index (χ3n) is 5.41. The van der Waals surface area contributed by atoms with E-state index < -0.39 is 5.41 Å². The van der Waals surface area contributed by atoms with Crippen LogP contribution in [0, 0.1) is 5.41 Å². The normalized spacial score (nSPS) is 31.2. The fourth-order valence-corrected chi connectivity index (χ4v) is 4.16. The summed E-state index contributed by atoms with van der Waals surface area (Å²) in [5.41, 5.74) is 1.08. The molecule has 1 fully saturated rings. The maximum atomic E-state index is 13.0. The fourth-order valence-electron chi connectivity index (χ4n) is 4.16. The predicted octanol–water partition coefficient (Wildman–Crippen LogP) is 2.75. The van der Waals surface area contributed by atoms with E-state index >= 15 is 0 Å². The zero-order valence-corrected chi connectivity index (χ0v) is 12.0. The molecule has 0 bridgehead atoms.